The molecule has 0 aromatic heterocycles. The normalized spacial score (nSPS) is 23.2. The molecule has 1 unspecified atom stereocenters. The molecule has 66 valence electrons. The first-order chi connectivity index (χ1) is 5.53. The third kappa shape index (κ3) is 1.16. The van der Waals surface area contributed by atoms with Crippen LogP contribution in [0.4, 0.5) is 0 Å². The number of carbonyl (C=O) groups excluding carboxylic acids is 1. The van der Waals surface area contributed by atoms with Gasteiger partial charge in [-0.2, -0.15) is 0 Å². The standard InChI is InChI=1S/C7H9NO3S/c1-3-6-5-7(9)8(6)12(10,11)4-2/h3-4,6H,1-2,5H2. The van der Waals surface area contributed by atoms with Gasteiger partial charge in [0.1, 0.15) is 0 Å². The van der Waals surface area contributed by atoms with Crippen LogP contribution in [0.1, 0.15) is 6.42 Å². The summed E-state index contributed by atoms with van der Waals surface area (Å²) in [6, 6.07) is -0.388. The van der Waals surface area contributed by atoms with Crippen molar-refractivity contribution >= 4 is 15.9 Å². The number of amides is 1. The van der Waals surface area contributed by atoms with Crippen LogP contribution < -0.4 is 0 Å². The minimum atomic E-state index is -3.60. The van der Waals surface area contributed by atoms with Gasteiger partial charge in [-0.05, 0) is 0 Å². The molecule has 0 spiro atoms. The lowest BCUT2D eigenvalue weighted by molar-refractivity contribution is -0.135. The van der Waals surface area contributed by atoms with Crippen molar-refractivity contribution in [1.82, 2.24) is 4.31 Å². The molecule has 5 heteroatoms. The van der Waals surface area contributed by atoms with E-state index in [0.717, 1.165) is 9.71 Å². The molecule has 1 heterocycles. The first kappa shape index (κ1) is 8.99. The highest BCUT2D eigenvalue weighted by Gasteiger charge is 2.41. The molecule has 4 nitrogen and oxygen atoms in total. The average Bonchev–Trinajstić information content (AvgIpc) is 1.99. The molecule has 1 amide bonds. The van der Waals surface area contributed by atoms with Gasteiger partial charge in [0.25, 0.3) is 10.0 Å². The number of rotatable bonds is 3. The fourth-order valence-electron chi connectivity index (χ4n) is 1.01. The van der Waals surface area contributed by atoms with Crippen LogP contribution in [0.5, 0.6) is 0 Å². The average molecular weight is 187 g/mol. The van der Waals surface area contributed by atoms with E-state index in [1.54, 1.807) is 0 Å². The summed E-state index contributed by atoms with van der Waals surface area (Å²) in [6.07, 6.45) is 1.65. The first-order valence-electron chi connectivity index (χ1n) is 3.35. The quantitative estimate of drug-likeness (QED) is 0.470. The van der Waals surface area contributed by atoms with Crippen molar-refractivity contribution in [2.45, 2.75) is 12.5 Å². The van der Waals surface area contributed by atoms with E-state index in [9.17, 15) is 13.2 Å². The lowest BCUT2D eigenvalue weighted by atomic mass is 10.1. The summed E-state index contributed by atoms with van der Waals surface area (Å²) in [7, 11) is -3.60. The summed E-state index contributed by atoms with van der Waals surface area (Å²) in [6.45, 7) is 6.54. The number of carbonyl (C=O) groups is 1. The molecular formula is C7H9NO3S. The summed E-state index contributed by atoms with van der Waals surface area (Å²) in [5.41, 5.74) is 0. The molecule has 1 aliphatic heterocycles. The lowest BCUT2D eigenvalue weighted by Gasteiger charge is -2.35. The Hall–Kier alpha value is -1.10. The predicted octanol–water partition coefficient (Wildman–Crippen LogP) is 0.247. The second kappa shape index (κ2) is 2.75. The van der Waals surface area contributed by atoms with Crippen molar-refractivity contribution in [3.8, 4) is 0 Å². The summed E-state index contributed by atoms with van der Waals surface area (Å²) in [4.78, 5) is 10.9. The van der Waals surface area contributed by atoms with E-state index in [4.69, 9.17) is 0 Å². The zero-order chi connectivity index (χ0) is 9.35. The summed E-state index contributed by atoms with van der Waals surface area (Å²) in [5.74, 6) is -0.403. The first-order valence-corrected chi connectivity index (χ1v) is 4.85. The van der Waals surface area contributed by atoms with Crippen LogP contribution in [-0.2, 0) is 14.8 Å². The number of nitrogens with zero attached hydrogens (tertiary/aromatic N) is 1. The smallest absolute Gasteiger partial charge is 0.259 e. The summed E-state index contributed by atoms with van der Waals surface area (Å²) < 4.78 is 23.0. The highest BCUT2D eigenvalue weighted by Crippen LogP contribution is 2.24. The Kier molecular flexibility index (Phi) is 2.06. The third-order valence-electron chi connectivity index (χ3n) is 1.69. The van der Waals surface area contributed by atoms with Crippen LogP contribution in [0.3, 0.4) is 0 Å². The van der Waals surface area contributed by atoms with Gasteiger partial charge in [-0.25, -0.2) is 12.7 Å². The molecule has 1 atom stereocenters. The largest absolute Gasteiger partial charge is 0.274 e. The Morgan fingerprint density at radius 2 is 2.08 bits per heavy atom. The molecule has 0 aliphatic carbocycles. The second-order valence-corrected chi connectivity index (χ2v) is 4.17. The van der Waals surface area contributed by atoms with Crippen molar-refractivity contribution in [3.05, 3.63) is 24.6 Å². The highest BCUT2D eigenvalue weighted by atomic mass is 32.2. The second-order valence-electron chi connectivity index (χ2n) is 2.41. The Labute approximate surface area is 71.2 Å². The zero-order valence-electron chi connectivity index (χ0n) is 6.43. The van der Waals surface area contributed by atoms with E-state index in [2.05, 4.69) is 13.2 Å². The number of sulfonamides is 1. The molecule has 1 rings (SSSR count). The molecule has 1 fully saturated rings. The lowest BCUT2D eigenvalue weighted by Crippen LogP contribution is -2.53. The minimum absolute atomic E-state index is 0.219. The van der Waals surface area contributed by atoms with Gasteiger partial charge < -0.3 is 0 Å². The Morgan fingerprint density at radius 3 is 2.42 bits per heavy atom. The van der Waals surface area contributed by atoms with Gasteiger partial charge in [-0.3, -0.25) is 4.79 Å². The van der Waals surface area contributed by atoms with Crippen LogP contribution >= 0.6 is 0 Å². The van der Waals surface area contributed by atoms with Gasteiger partial charge in [0.2, 0.25) is 5.91 Å². The van der Waals surface area contributed by atoms with Gasteiger partial charge >= 0.3 is 0 Å². The molecule has 0 N–H and O–H groups in total. The monoisotopic (exact) mass is 187 g/mol. The highest BCUT2D eigenvalue weighted by molar-refractivity contribution is 7.92. The fourth-order valence-corrected chi connectivity index (χ4v) is 2.07. The minimum Gasteiger partial charge on any atom is -0.274 e. The Bertz CT molecular complexity index is 331. The molecule has 1 aliphatic rings. The van der Waals surface area contributed by atoms with Crippen molar-refractivity contribution < 1.29 is 13.2 Å². The maximum atomic E-state index is 11.1. The van der Waals surface area contributed by atoms with E-state index >= 15 is 0 Å². The topological polar surface area (TPSA) is 54.5 Å². The number of hydrogen-bond donors (Lipinski definition) is 0. The molecule has 1 saturated heterocycles. The summed E-state index contributed by atoms with van der Waals surface area (Å²) >= 11 is 0. The van der Waals surface area contributed by atoms with Gasteiger partial charge in [-0.15, -0.1) is 6.58 Å². The Balaban J connectivity index is 2.95. The molecule has 0 aromatic carbocycles. The van der Waals surface area contributed by atoms with E-state index in [0.29, 0.717) is 0 Å². The molecule has 12 heavy (non-hydrogen) atoms. The molecule has 0 saturated carbocycles. The van der Waals surface area contributed by atoms with Gasteiger partial charge in [0, 0.05) is 5.41 Å². The van der Waals surface area contributed by atoms with Crippen LogP contribution in [0.2, 0.25) is 0 Å². The molecule has 0 radical (unpaired) electrons. The van der Waals surface area contributed by atoms with Crippen molar-refractivity contribution in [1.29, 1.82) is 0 Å². The maximum absolute atomic E-state index is 11.1. The van der Waals surface area contributed by atoms with Crippen LogP contribution in [0.15, 0.2) is 24.6 Å². The van der Waals surface area contributed by atoms with Crippen LogP contribution in [0.25, 0.3) is 0 Å². The van der Waals surface area contributed by atoms with E-state index < -0.39 is 15.9 Å². The van der Waals surface area contributed by atoms with Gasteiger partial charge in [-0.1, -0.05) is 12.7 Å². The Morgan fingerprint density at radius 1 is 1.50 bits per heavy atom. The number of hydrogen-bond acceptors (Lipinski definition) is 3. The van der Waals surface area contributed by atoms with Crippen LogP contribution in [0, 0.1) is 0 Å². The van der Waals surface area contributed by atoms with Crippen LogP contribution in [-0.4, -0.2) is 24.7 Å². The van der Waals surface area contributed by atoms with Gasteiger partial charge in [0.15, 0.2) is 0 Å². The number of β-lactam (4-membered cyclic amide) rings is 1. The van der Waals surface area contributed by atoms with Crippen molar-refractivity contribution in [3.63, 3.8) is 0 Å². The van der Waals surface area contributed by atoms with Crippen molar-refractivity contribution in [2.24, 2.45) is 0 Å². The van der Waals surface area contributed by atoms with E-state index in [1.165, 1.54) is 6.08 Å². The molecule has 0 aromatic rings. The fraction of sp³-hybridized carbons (Fsp3) is 0.286. The van der Waals surface area contributed by atoms with Gasteiger partial charge in [0.05, 0.1) is 12.5 Å². The maximum Gasteiger partial charge on any atom is 0.259 e. The van der Waals surface area contributed by atoms with E-state index in [-0.39, 0.29) is 12.5 Å². The third-order valence-corrected chi connectivity index (χ3v) is 3.13. The molecular weight excluding hydrogens is 178 g/mol. The predicted molar refractivity (Wildman–Crippen MR) is 44.6 cm³/mol. The molecule has 0 bridgehead atoms. The van der Waals surface area contributed by atoms with E-state index in [1.807, 2.05) is 0 Å². The summed E-state index contributed by atoms with van der Waals surface area (Å²) in [5, 5.41) is 0.764. The van der Waals surface area contributed by atoms with Crippen molar-refractivity contribution in [2.75, 3.05) is 0 Å². The zero-order valence-corrected chi connectivity index (χ0v) is 7.25. The SMILES string of the molecule is C=CC1CC(=O)N1S(=O)(=O)C=C.